The van der Waals surface area contributed by atoms with Gasteiger partial charge in [0.05, 0.1) is 6.54 Å². The average molecular weight is 130 g/mol. The molecule has 0 aromatic rings. The standard InChI is InChI=1S/C6H14N2O/c1-5-3-7-6(2)8(9)4-5/h5-8H,3-4H2,1-2H3. The van der Waals surface area contributed by atoms with Crippen molar-refractivity contribution < 1.29 is 5.06 Å². The Morgan fingerprint density at radius 3 is 2.67 bits per heavy atom. The Morgan fingerprint density at radius 2 is 2.22 bits per heavy atom. The molecule has 3 heteroatoms. The van der Waals surface area contributed by atoms with Crippen LogP contribution in [0.2, 0.25) is 0 Å². The average Bonchev–Trinajstić information content (AvgIpc) is 1.80. The molecular weight excluding hydrogens is 116 g/mol. The van der Waals surface area contributed by atoms with E-state index in [2.05, 4.69) is 12.2 Å². The van der Waals surface area contributed by atoms with Gasteiger partial charge in [0.15, 0.2) is 0 Å². The molecular formula is C6H14N2O. The van der Waals surface area contributed by atoms with Gasteiger partial charge in [-0.3, -0.25) is 5.32 Å². The summed E-state index contributed by atoms with van der Waals surface area (Å²) in [4.78, 5) is 0. The summed E-state index contributed by atoms with van der Waals surface area (Å²) in [5, 5.41) is 14.4. The second-order valence-electron chi connectivity index (χ2n) is 2.91. The molecule has 1 heterocycles. The number of hydrogen-bond acceptors (Lipinski definition) is 2. The molecule has 3 unspecified atom stereocenters. The van der Waals surface area contributed by atoms with E-state index in [0.29, 0.717) is 11.0 Å². The molecule has 0 aliphatic carbocycles. The number of hydrogen-bond donors (Lipinski definition) is 2. The second kappa shape index (κ2) is 2.64. The van der Waals surface area contributed by atoms with Gasteiger partial charge in [0.1, 0.15) is 6.17 Å². The Morgan fingerprint density at radius 1 is 1.56 bits per heavy atom. The lowest BCUT2D eigenvalue weighted by Gasteiger charge is -2.36. The third-order valence-electron chi connectivity index (χ3n) is 1.81. The van der Waals surface area contributed by atoms with Gasteiger partial charge in [-0.1, -0.05) is 6.92 Å². The SMILES string of the molecule is CC1CNC(C)[NH+]([O-])C1. The Labute approximate surface area is 55.6 Å². The monoisotopic (exact) mass is 130 g/mol. The Bertz CT molecular complexity index is 97.1. The van der Waals surface area contributed by atoms with Gasteiger partial charge < -0.3 is 10.3 Å². The van der Waals surface area contributed by atoms with Gasteiger partial charge in [0.25, 0.3) is 0 Å². The summed E-state index contributed by atoms with van der Waals surface area (Å²) < 4.78 is 0. The van der Waals surface area contributed by atoms with E-state index in [1.165, 1.54) is 0 Å². The van der Waals surface area contributed by atoms with Gasteiger partial charge >= 0.3 is 0 Å². The van der Waals surface area contributed by atoms with E-state index >= 15 is 0 Å². The zero-order valence-electron chi connectivity index (χ0n) is 5.98. The fourth-order valence-corrected chi connectivity index (χ4v) is 1.08. The third-order valence-corrected chi connectivity index (χ3v) is 1.81. The van der Waals surface area contributed by atoms with E-state index in [4.69, 9.17) is 0 Å². The van der Waals surface area contributed by atoms with Gasteiger partial charge in [-0.05, 0) is 0 Å². The molecule has 0 saturated carbocycles. The Hall–Kier alpha value is -0.120. The highest BCUT2D eigenvalue weighted by atomic mass is 16.5. The quantitative estimate of drug-likeness (QED) is 0.411. The van der Waals surface area contributed by atoms with Crippen molar-refractivity contribution in [3.05, 3.63) is 5.21 Å². The summed E-state index contributed by atoms with van der Waals surface area (Å²) >= 11 is 0. The van der Waals surface area contributed by atoms with E-state index in [0.717, 1.165) is 13.1 Å². The zero-order chi connectivity index (χ0) is 6.85. The molecule has 1 rings (SSSR count). The molecule has 1 fully saturated rings. The first kappa shape index (κ1) is 6.99. The summed E-state index contributed by atoms with van der Waals surface area (Å²) in [6.45, 7) is 5.77. The molecule has 0 aromatic heterocycles. The van der Waals surface area contributed by atoms with E-state index in [-0.39, 0.29) is 6.17 Å². The lowest BCUT2D eigenvalue weighted by molar-refractivity contribution is -0.886. The molecule has 54 valence electrons. The smallest absolute Gasteiger partial charge is 0.138 e. The number of hydroxylamine groups is 2. The highest BCUT2D eigenvalue weighted by molar-refractivity contribution is 4.61. The Balaban J connectivity index is 2.35. The first-order valence-corrected chi connectivity index (χ1v) is 3.46. The Kier molecular flexibility index (Phi) is 2.05. The van der Waals surface area contributed by atoms with Crippen LogP contribution in [0.15, 0.2) is 0 Å². The van der Waals surface area contributed by atoms with Gasteiger partial charge in [-0.25, -0.2) is 0 Å². The van der Waals surface area contributed by atoms with Crippen molar-refractivity contribution in [2.45, 2.75) is 20.0 Å². The van der Waals surface area contributed by atoms with Crippen molar-refractivity contribution in [2.24, 2.45) is 5.92 Å². The number of nitrogens with one attached hydrogen (secondary N) is 2. The van der Waals surface area contributed by atoms with Gasteiger partial charge in [0, 0.05) is 19.4 Å². The van der Waals surface area contributed by atoms with E-state index in [9.17, 15) is 5.21 Å². The van der Waals surface area contributed by atoms with Gasteiger partial charge in [-0.2, -0.15) is 0 Å². The maximum absolute atomic E-state index is 10.9. The minimum absolute atomic E-state index is 0.0983. The number of rotatable bonds is 0. The van der Waals surface area contributed by atoms with Crippen LogP contribution in [-0.4, -0.2) is 19.3 Å². The highest BCUT2D eigenvalue weighted by Gasteiger charge is 2.18. The van der Waals surface area contributed by atoms with Crippen LogP contribution in [0, 0.1) is 11.1 Å². The second-order valence-corrected chi connectivity index (χ2v) is 2.91. The molecule has 3 nitrogen and oxygen atoms in total. The van der Waals surface area contributed by atoms with Crippen LogP contribution in [0.4, 0.5) is 0 Å². The predicted molar refractivity (Wildman–Crippen MR) is 35.8 cm³/mol. The van der Waals surface area contributed by atoms with Crippen molar-refractivity contribution in [1.29, 1.82) is 0 Å². The lowest BCUT2D eigenvalue weighted by Crippen LogP contribution is -3.15. The van der Waals surface area contributed by atoms with E-state index < -0.39 is 0 Å². The molecule has 1 aliphatic rings. The fourth-order valence-electron chi connectivity index (χ4n) is 1.08. The maximum atomic E-state index is 10.9. The van der Waals surface area contributed by atoms with E-state index in [1.54, 1.807) is 0 Å². The maximum Gasteiger partial charge on any atom is 0.138 e. The molecule has 2 N–H and O–H groups in total. The molecule has 0 aromatic carbocycles. The molecule has 0 amide bonds. The molecule has 3 atom stereocenters. The number of quaternary nitrogens is 1. The molecule has 1 aliphatic heterocycles. The first-order chi connectivity index (χ1) is 4.20. The van der Waals surface area contributed by atoms with Crippen LogP contribution in [0.3, 0.4) is 0 Å². The summed E-state index contributed by atoms with van der Waals surface area (Å²) in [5.74, 6) is 0.536. The highest BCUT2D eigenvalue weighted by Crippen LogP contribution is 1.91. The van der Waals surface area contributed by atoms with Gasteiger partial charge in [-0.15, -0.1) is 0 Å². The summed E-state index contributed by atoms with van der Waals surface area (Å²) in [6.07, 6.45) is 0.0983. The van der Waals surface area contributed by atoms with Crippen LogP contribution < -0.4 is 10.4 Å². The largest absolute Gasteiger partial charge is 0.633 e. The topological polar surface area (TPSA) is 39.5 Å². The predicted octanol–water partition coefficient (Wildman–Crippen LogP) is -1.05. The van der Waals surface area contributed by atoms with Crippen molar-refractivity contribution in [3.63, 3.8) is 0 Å². The minimum Gasteiger partial charge on any atom is -0.633 e. The normalized spacial score (nSPS) is 45.0. The van der Waals surface area contributed by atoms with Crippen molar-refractivity contribution in [3.8, 4) is 0 Å². The lowest BCUT2D eigenvalue weighted by atomic mass is 10.1. The van der Waals surface area contributed by atoms with E-state index in [1.807, 2.05) is 6.92 Å². The third kappa shape index (κ3) is 1.64. The van der Waals surface area contributed by atoms with Crippen LogP contribution in [0.5, 0.6) is 0 Å². The van der Waals surface area contributed by atoms with Crippen LogP contribution in [-0.2, 0) is 0 Å². The molecule has 0 radical (unpaired) electrons. The molecule has 9 heavy (non-hydrogen) atoms. The summed E-state index contributed by atoms with van der Waals surface area (Å²) in [5.41, 5.74) is 0. The molecule has 0 bridgehead atoms. The summed E-state index contributed by atoms with van der Waals surface area (Å²) in [6, 6.07) is 0. The first-order valence-electron chi connectivity index (χ1n) is 3.46. The van der Waals surface area contributed by atoms with Crippen molar-refractivity contribution >= 4 is 0 Å². The zero-order valence-corrected chi connectivity index (χ0v) is 5.98. The van der Waals surface area contributed by atoms with Crippen LogP contribution in [0.1, 0.15) is 13.8 Å². The van der Waals surface area contributed by atoms with Crippen LogP contribution >= 0.6 is 0 Å². The van der Waals surface area contributed by atoms with Crippen molar-refractivity contribution in [1.82, 2.24) is 5.32 Å². The fraction of sp³-hybridized carbons (Fsp3) is 1.00. The molecule has 0 spiro atoms. The molecule has 1 saturated heterocycles. The summed E-state index contributed by atoms with van der Waals surface area (Å²) in [7, 11) is 0. The van der Waals surface area contributed by atoms with Gasteiger partial charge in [0.2, 0.25) is 0 Å². The van der Waals surface area contributed by atoms with Crippen molar-refractivity contribution in [2.75, 3.05) is 13.1 Å². The minimum atomic E-state index is 0.0983. The van der Waals surface area contributed by atoms with Crippen LogP contribution in [0.25, 0.3) is 0 Å².